The van der Waals surface area contributed by atoms with Crippen LogP contribution in [0.1, 0.15) is 50.3 Å². The molecule has 0 heterocycles. The fraction of sp³-hybridized carbons (Fsp3) is 0.417. The molecule has 2 aromatic carbocycles. The zero-order chi connectivity index (χ0) is 20.5. The van der Waals surface area contributed by atoms with Crippen LogP contribution in [0.2, 0.25) is 0 Å². The summed E-state index contributed by atoms with van der Waals surface area (Å²) in [5.41, 5.74) is 3.23. The molecule has 0 aromatic heterocycles. The number of nitrogens with one attached hydrogen (secondary N) is 1. The number of carbonyl (C=O) groups excluding carboxylic acids is 2. The topological polar surface area (TPSA) is 49.4 Å². The molecule has 4 heteroatoms. The number of rotatable bonds is 9. The molecule has 0 aliphatic carbocycles. The molecule has 0 unspecified atom stereocenters. The van der Waals surface area contributed by atoms with E-state index in [0.717, 1.165) is 23.1 Å². The van der Waals surface area contributed by atoms with Crippen molar-refractivity contribution in [3.05, 3.63) is 71.3 Å². The maximum atomic E-state index is 13.1. The average Bonchev–Trinajstić information content (AvgIpc) is 2.70. The summed E-state index contributed by atoms with van der Waals surface area (Å²) in [6.07, 6.45) is 1.72. The minimum Gasteiger partial charge on any atom is -0.352 e. The van der Waals surface area contributed by atoms with Crippen LogP contribution in [0.25, 0.3) is 0 Å². The Bertz CT molecular complexity index is 773. The molecular formula is C24H32N2O2. The lowest BCUT2D eigenvalue weighted by Gasteiger charge is -2.32. The molecule has 150 valence electrons. The molecule has 0 bridgehead atoms. The lowest BCUT2D eigenvalue weighted by atomic mass is 10.0. The quantitative estimate of drug-likeness (QED) is 0.707. The molecule has 0 fully saturated rings. The third-order valence-corrected chi connectivity index (χ3v) is 5.01. The first-order valence-electron chi connectivity index (χ1n) is 10.1. The summed E-state index contributed by atoms with van der Waals surface area (Å²) in [4.78, 5) is 27.7. The third kappa shape index (κ3) is 6.22. The Morgan fingerprint density at radius 1 is 1.00 bits per heavy atom. The second-order valence-electron chi connectivity index (χ2n) is 7.39. The first-order valence-corrected chi connectivity index (χ1v) is 10.1. The van der Waals surface area contributed by atoms with Gasteiger partial charge in [-0.15, -0.1) is 0 Å². The Hall–Kier alpha value is -2.62. The van der Waals surface area contributed by atoms with E-state index in [0.29, 0.717) is 19.4 Å². The molecule has 2 aromatic rings. The molecule has 0 spiro atoms. The Labute approximate surface area is 169 Å². The molecule has 28 heavy (non-hydrogen) atoms. The molecule has 0 saturated carbocycles. The average molecular weight is 381 g/mol. The van der Waals surface area contributed by atoms with Crippen molar-refractivity contribution in [1.82, 2.24) is 10.2 Å². The van der Waals surface area contributed by atoms with Crippen molar-refractivity contribution in [2.24, 2.45) is 0 Å². The van der Waals surface area contributed by atoms with Gasteiger partial charge < -0.3 is 10.2 Å². The molecule has 2 rings (SSSR count). The Morgan fingerprint density at radius 2 is 1.68 bits per heavy atom. The number of nitrogens with zero attached hydrogens (tertiary/aromatic N) is 1. The van der Waals surface area contributed by atoms with Crippen molar-refractivity contribution in [3.8, 4) is 0 Å². The molecule has 4 nitrogen and oxygen atoms in total. The molecule has 0 aliphatic rings. The normalized spacial score (nSPS) is 12.9. The van der Waals surface area contributed by atoms with Gasteiger partial charge in [0.15, 0.2) is 0 Å². The lowest BCUT2D eigenvalue weighted by Crippen LogP contribution is -2.52. The highest BCUT2D eigenvalue weighted by Crippen LogP contribution is 2.16. The van der Waals surface area contributed by atoms with Crippen molar-refractivity contribution < 1.29 is 9.59 Å². The monoisotopic (exact) mass is 380 g/mol. The van der Waals surface area contributed by atoms with Gasteiger partial charge in [-0.1, -0.05) is 74.0 Å². The summed E-state index contributed by atoms with van der Waals surface area (Å²) in [6.45, 7) is 8.34. The number of aryl methyl sites for hydroxylation is 1. The number of hydrogen-bond donors (Lipinski definition) is 1. The highest BCUT2D eigenvalue weighted by Gasteiger charge is 2.30. The smallest absolute Gasteiger partial charge is 0.243 e. The van der Waals surface area contributed by atoms with Gasteiger partial charge >= 0.3 is 0 Å². The minimum absolute atomic E-state index is 0.0123. The summed E-state index contributed by atoms with van der Waals surface area (Å²) in [6, 6.07) is 17.5. The van der Waals surface area contributed by atoms with Crippen LogP contribution in [0.5, 0.6) is 0 Å². The van der Waals surface area contributed by atoms with Crippen molar-refractivity contribution in [2.75, 3.05) is 0 Å². The molecule has 2 amide bonds. The van der Waals surface area contributed by atoms with E-state index in [1.807, 2.05) is 76.2 Å². The van der Waals surface area contributed by atoms with E-state index >= 15 is 0 Å². The standard InChI is InChI=1S/C24H32N2O2/c1-5-19(4)25-24(28)22(16-20-12-8-7-9-13-20)26(23(27)6-2)17-21-14-10-11-18(3)15-21/h7-15,19,22H,5-6,16-17H2,1-4H3,(H,25,28)/t19-,22-/m1/s1. The second-order valence-corrected chi connectivity index (χ2v) is 7.39. The predicted molar refractivity (Wildman–Crippen MR) is 114 cm³/mol. The molecule has 0 radical (unpaired) electrons. The van der Waals surface area contributed by atoms with Crippen LogP contribution in [0.4, 0.5) is 0 Å². The fourth-order valence-corrected chi connectivity index (χ4v) is 3.21. The highest BCUT2D eigenvalue weighted by atomic mass is 16.2. The Balaban J connectivity index is 2.35. The number of amides is 2. The van der Waals surface area contributed by atoms with Crippen LogP contribution >= 0.6 is 0 Å². The summed E-state index contributed by atoms with van der Waals surface area (Å²) >= 11 is 0. The van der Waals surface area contributed by atoms with Gasteiger partial charge in [0, 0.05) is 25.4 Å². The molecule has 2 atom stereocenters. The van der Waals surface area contributed by atoms with Gasteiger partial charge in [0.2, 0.25) is 11.8 Å². The van der Waals surface area contributed by atoms with Gasteiger partial charge in [-0.3, -0.25) is 9.59 Å². The fourth-order valence-electron chi connectivity index (χ4n) is 3.21. The number of hydrogen-bond acceptors (Lipinski definition) is 2. The van der Waals surface area contributed by atoms with Crippen molar-refractivity contribution in [1.29, 1.82) is 0 Å². The van der Waals surface area contributed by atoms with Crippen molar-refractivity contribution >= 4 is 11.8 Å². The van der Waals surface area contributed by atoms with Gasteiger partial charge in [-0.2, -0.15) is 0 Å². The van der Waals surface area contributed by atoms with Crippen LogP contribution in [0.3, 0.4) is 0 Å². The maximum Gasteiger partial charge on any atom is 0.243 e. The van der Waals surface area contributed by atoms with Gasteiger partial charge in [0.05, 0.1) is 0 Å². The van der Waals surface area contributed by atoms with Gasteiger partial charge in [0.25, 0.3) is 0 Å². The number of carbonyl (C=O) groups is 2. The predicted octanol–water partition coefficient (Wildman–Crippen LogP) is 4.26. The van der Waals surface area contributed by atoms with E-state index in [2.05, 4.69) is 11.4 Å². The maximum absolute atomic E-state index is 13.1. The van der Waals surface area contributed by atoms with E-state index in [-0.39, 0.29) is 17.9 Å². The van der Waals surface area contributed by atoms with Crippen LogP contribution < -0.4 is 5.32 Å². The molecule has 1 N–H and O–H groups in total. The van der Waals surface area contributed by atoms with Crippen LogP contribution in [0.15, 0.2) is 54.6 Å². The first kappa shape index (κ1) is 21.7. The van der Waals surface area contributed by atoms with Crippen molar-refractivity contribution in [2.45, 2.75) is 65.6 Å². The number of benzene rings is 2. The van der Waals surface area contributed by atoms with Crippen LogP contribution in [0, 0.1) is 6.92 Å². The van der Waals surface area contributed by atoms with E-state index in [9.17, 15) is 9.59 Å². The van der Waals surface area contributed by atoms with Crippen LogP contribution in [-0.2, 0) is 22.6 Å². The summed E-state index contributed by atoms with van der Waals surface area (Å²) in [5.74, 6) is -0.102. The zero-order valence-corrected chi connectivity index (χ0v) is 17.4. The lowest BCUT2D eigenvalue weighted by molar-refractivity contribution is -0.141. The first-order chi connectivity index (χ1) is 13.4. The SMILES string of the molecule is CCC(=O)N(Cc1cccc(C)c1)[C@H](Cc1ccccc1)C(=O)N[C@H](C)CC. The Morgan fingerprint density at radius 3 is 2.29 bits per heavy atom. The van der Waals surface area contributed by atoms with E-state index in [1.54, 1.807) is 4.90 Å². The van der Waals surface area contributed by atoms with Crippen molar-refractivity contribution in [3.63, 3.8) is 0 Å². The zero-order valence-electron chi connectivity index (χ0n) is 17.4. The van der Waals surface area contributed by atoms with E-state index < -0.39 is 6.04 Å². The summed E-state index contributed by atoms with van der Waals surface area (Å²) in [5, 5.41) is 3.07. The van der Waals surface area contributed by atoms with E-state index in [1.165, 1.54) is 0 Å². The highest BCUT2D eigenvalue weighted by molar-refractivity contribution is 5.88. The summed E-state index contributed by atoms with van der Waals surface area (Å²) < 4.78 is 0. The second kappa shape index (κ2) is 10.6. The third-order valence-electron chi connectivity index (χ3n) is 5.01. The van der Waals surface area contributed by atoms with Gasteiger partial charge in [-0.25, -0.2) is 0 Å². The Kier molecular flexibility index (Phi) is 8.24. The minimum atomic E-state index is -0.538. The molecule has 0 saturated heterocycles. The molecular weight excluding hydrogens is 348 g/mol. The van der Waals surface area contributed by atoms with E-state index in [4.69, 9.17) is 0 Å². The largest absolute Gasteiger partial charge is 0.352 e. The van der Waals surface area contributed by atoms with Gasteiger partial charge in [0.1, 0.15) is 6.04 Å². The van der Waals surface area contributed by atoms with Gasteiger partial charge in [-0.05, 0) is 31.4 Å². The van der Waals surface area contributed by atoms with Crippen LogP contribution in [-0.4, -0.2) is 28.8 Å². The summed E-state index contributed by atoms with van der Waals surface area (Å²) in [7, 11) is 0. The molecule has 0 aliphatic heterocycles.